The summed E-state index contributed by atoms with van der Waals surface area (Å²) >= 11 is 5.97. The molecule has 0 aliphatic carbocycles. The monoisotopic (exact) mass is 478 g/mol. The molecule has 170 valence electrons. The van der Waals surface area contributed by atoms with E-state index in [4.69, 9.17) is 16.3 Å². The van der Waals surface area contributed by atoms with Gasteiger partial charge >= 0.3 is 5.97 Å². The Morgan fingerprint density at radius 1 is 1.06 bits per heavy atom. The van der Waals surface area contributed by atoms with E-state index >= 15 is 0 Å². The Bertz CT molecular complexity index is 1110. The maximum Gasteiger partial charge on any atom is 0.328 e. The molecule has 1 amide bonds. The average Bonchev–Trinajstić information content (AvgIpc) is 3.33. The van der Waals surface area contributed by atoms with E-state index in [9.17, 15) is 22.8 Å². The van der Waals surface area contributed by atoms with Gasteiger partial charge in [0.1, 0.15) is 6.04 Å². The molecule has 0 bridgehead atoms. The van der Waals surface area contributed by atoms with Crippen molar-refractivity contribution in [3.05, 3.63) is 64.7 Å². The average molecular weight is 479 g/mol. The first-order valence-corrected chi connectivity index (χ1v) is 11.9. The molecule has 1 fully saturated rings. The second-order valence-electron chi connectivity index (χ2n) is 7.34. The smallest absolute Gasteiger partial charge is 0.328 e. The van der Waals surface area contributed by atoms with Crippen molar-refractivity contribution in [3.63, 3.8) is 0 Å². The Morgan fingerprint density at radius 3 is 2.31 bits per heavy atom. The van der Waals surface area contributed by atoms with Crippen LogP contribution in [-0.2, 0) is 19.6 Å². The summed E-state index contributed by atoms with van der Waals surface area (Å²) in [5.74, 6) is -1.82. The number of hydrogen-bond acceptors (Lipinski definition) is 6. The van der Waals surface area contributed by atoms with Gasteiger partial charge in [0.15, 0.2) is 12.4 Å². The third-order valence-electron chi connectivity index (χ3n) is 5.04. The topological polar surface area (TPSA) is 110 Å². The molecule has 32 heavy (non-hydrogen) atoms. The molecule has 1 aliphatic heterocycles. The molecule has 0 aromatic heterocycles. The van der Waals surface area contributed by atoms with Crippen molar-refractivity contribution in [1.82, 2.24) is 9.62 Å². The SMILES string of the molecule is CC(NC(=O)c1ccccc1Cl)C(=O)OCC(=O)c1ccc(S(=O)(=O)N2CCCC2)cc1. The van der Waals surface area contributed by atoms with Crippen molar-refractivity contribution in [2.24, 2.45) is 0 Å². The highest BCUT2D eigenvalue weighted by Gasteiger charge is 2.27. The van der Waals surface area contributed by atoms with E-state index in [2.05, 4.69) is 5.32 Å². The van der Waals surface area contributed by atoms with Crippen molar-refractivity contribution >= 4 is 39.3 Å². The van der Waals surface area contributed by atoms with E-state index in [-0.39, 0.29) is 21.0 Å². The number of nitrogens with one attached hydrogen (secondary N) is 1. The number of amides is 1. The van der Waals surface area contributed by atoms with Crippen LogP contribution in [0.2, 0.25) is 5.02 Å². The van der Waals surface area contributed by atoms with Crippen molar-refractivity contribution in [2.75, 3.05) is 19.7 Å². The summed E-state index contributed by atoms with van der Waals surface area (Å²) in [6.07, 6.45) is 1.66. The van der Waals surface area contributed by atoms with Crippen LogP contribution in [0.5, 0.6) is 0 Å². The number of Topliss-reactive ketones (excluding diaryl/α,β-unsaturated/α-hetero) is 1. The largest absolute Gasteiger partial charge is 0.456 e. The summed E-state index contributed by atoms with van der Waals surface area (Å²) in [6.45, 7) is 1.87. The van der Waals surface area contributed by atoms with Gasteiger partial charge in [-0.05, 0) is 56.2 Å². The van der Waals surface area contributed by atoms with Crippen LogP contribution in [0.3, 0.4) is 0 Å². The van der Waals surface area contributed by atoms with Crippen LogP contribution in [0.15, 0.2) is 53.4 Å². The van der Waals surface area contributed by atoms with Crippen LogP contribution in [0.25, 0.3) is 0 Å². The van der Waals surface area contributed by atoms with Gasteiger partial charge in [-0.15, -0.1) is 0 Å². The minimum atomic E-state index is -3.57. The Morgan fingerprint density at radius 2 is 1.69 bits per heavy atom. The molecule has 1 unspecified atom stereocenters. The summed E-state index contributed by atoms with van der Waals surface area (Å²) in [4.78, 5) is 36.8. The van der Waals surface area contributed by atoms with Gasteiger partial charge in [-0.2, -0.15) is 4.31 Å². The summed E-state index contributed by atoms with van der Waals surface area (Å²) in [6, 6.07) is 10.9. The Hall–Kier alpha value is -2.75. The minimum absolute atomic E-state index is 0.115. The van der Waals surface area contributed by atoms with E-state index in [1.807, 2.05) is 0 Å². The van der Waals surface area contributed by atoms with Gasteiger partial charge < -0.3 is 10.1 Å². The Balaban J connectivity index is 1.54. The molecular weight excluding hydrogens is 456 g/mol. The third-order valence-corrected chi connectivity index (χ3v) is 7.29. The molecule has 0 radical (unpaired) electrons. The van der Waals surface area contributed by atoms with Crippen LogP contribution < -0.4 is 5.32 Å². The lowest BCUT2D eigenvalue weighted by molar-refractivity contribution is -0.144. The number of esters is 1. The summed E-state index contributed by atoms with van der Waals surface area (Å²) in [5, 5.41) is 2.72. The molecule has 1 aliphatic rings. The van der Waals surface area contributed by atoms with Gasteiger partial charge in [0.05, 0.1) is 15.5 Å². The third kappa shape index (κ3) is 5.53. The van der Waals surface area contributed by atoms with E-state index in [1.165, 1.54) is 41.6 Å². The standard InChI is InChI=1S/C22H23ClN2O6S/c1-15(24-21(27)18-6-2-3-7-19(18)23)22(28)31-14-20(26)16-8-10-17(11-9-16)32(29,30)25-12-4-5-13-25/h2-3,6-11,15H,4-5,12-14H2,1H3,(H,24,27). The first kappa shape index (κ1) is 23.9. The second-order valence-corrected chi connectivity index (χ2v) is 9.69. The molecule has 1 saturated heterocycles. The number of benzene rings is 2. The van der Waals surface area contributed by atoms with E-state index in [0.717, 1.165) is 12.8 Å². The molecule has 1 atom stereocenters. The van der Waals surface area contributed by atoms with Crippen LogP contribution in [-0.4, -0.2) is 56.1 Å². The first-order valence-electron chi connectivity index (χ1n) is 10.1. The molecule has 0 saturated carbocycles. The van der Waals surface area contributed by atoms with E-state index in [1.54, 1.807) is 18.2 Å². The summed E-state index contributed by atoms with van der Waals surface area (Å²) < 4.78 is 31.5. The number of ether oxygens (including phenoxy) is 1. The zero-order valence-corrected chi connectivity index (χ0v) is 19.0. The summed E-state index contributed by atoms with van der Waals surface area (Å²) in [5.41, 5.74) is 0.430. The highest BCUT2D eigenvalue weighted by molar-refractivity contribution is 7.89. The lowest BCUT2D eigenvalue weighted by Gasteiger charge is -2.15. The number of nitrogens with zero attached hydrogens (tertiary/aromatic N) is 1. The lowest BCUT2D eigenvalue weighted by Crippen LogP contribution is -2.40. The van der Waals surface area contributed by atoms with Crippen molar-refractivity contribution in [1.29, 1.82) is 0 Å². The Labute approximate surface area is 191 Å². The first-order chi connectivity index (χ1) is 15.2. The quantitative estimate of drug-likeness (QED) is 0.461. The molecular formula is C22H23ClN2O6S. The number of halogens is 1. The van der Waals surface area contributed by atoms with Crippen LogP contribution in [0, 0.1) is 0 Å². The van der Waals surface area contributed by atoms with Gasteiger partial charge in [0.2, 0.25) is 10.0 Å². The second kappa shape index (κ2) is 10.2. The summed E-state index contributed by atoms with van der Waals surface area (Å²) in [7, 11) is -3.57. The predicted molar refractivity (Wildman–Crippen MR) is 118 cm³/mol. The minimum Gasteiger partial charge on any atom is -0.456 e. The van der Waals surface area contributed by atoms with Gasteiger partial charge in [-0.25, -0.2) is 13.2 Å². The maximum absolute atomic E-state index is 12.5. The fraction of sp³-hybridized carbons (Fsp3) is 0.318. The number of rotatable bonds is 8. The van der Waals surface area contributed by atoms with Crippen LogP contribution in [0.4, 0.5) is 0 Å². The fourth-order valence-corrected chi connectivity index (χ4v) is 4.95. The molecule has 0 spiro atoms. The van der Waals surface area contributed by atoms with E-state index in [0.29, 0.717) is 13.1 Å². The lowest BCUT2D eigenvalue weighted by atomic mass is 10.1. The number of hydrogen-bond donors (Lipinski definition) is 1. The number of carbonyl (C=O) groups is 3. The fourth-order valence-electron chi connectivity index (χ4n) is 3.21. The van der Waals surface area contributed by atoms with Crippen molar-refractivity contribution < 1.29 is 27.5 Å². The highest BCUT2D eigenvalue weighted by Crippen LogP contribution is 2.21. The molecule has 10 heteroatoms. The number of sulfonamides is 1. The molecule has 3 rings (SSSR count). The van der Waals surface area contributed by atoms with Gasteiger partial charge in [0, 0.05) is 18.7 Å². The predicted octanol–water partition coefficient (Wildman–Crippen LogP) is 2.67. The van der Waals surface area contributed by atoms with Crippen molar-refractivity contribution in [3.8, 4) is 0 Å². The van der Waals surface area contributed by atoms with Gasteiger partial charge in [0.25, 0.3) is 5.91 Å². The van der Waals surface area contributed by atoms with Gasteiger partial charge in [-0.3, -0.25) is 9.59 Å². The zero-order chi connectivity index (χ0) is 23.3. The highest BCUT2D eigenvalue weighted by atomic mass is 35.5. The van der Waals surface area contributed by atoms with Crippen LogP contribution >= 0.6 is 11.6 Å². The zero-order valence-electron chi connectivity index (χ0n) is 17.4. The molecule has 1 heterocycles. The Kier molecular flexibility index (Phi) is 7.65. The van der Waals surface area contributed by atoms with Gasteiger partial charge in [-0.1, -0.05) is 23.7 Å². The van der Waals surface area contributed by atoms with E-state index < -0.39 is 40.3 Å². The van der Waals surface area contributed by atoms with Crippen LogP contribution in [0.1, 0.15) is 40.5 Å². The molecule has 8 nitrogen and oxygen atoms in total. The van der Waals surface area contributed by atoms with Crippen molar-refractivity contribution in [2.45, 2.75) is 30.7 Å². The normalized spacial score (nSPS) is 15.2. The molecule has 2 aromatic carbocycles. The molecule has 2 aromatic rings. The molecule has 1 N–H and O–H groups in total. The number of carbonyl (C=O) groups excluding carboxylic acids is 3. The maximum atomic E-state index is 12.5. The number of ketones is 1.